The van der Waals surface area contributed by atoms with Crippen LogP contribution in [0.15, 0.2) is 57.5 Å². The number of aromatic nitrogens is 1. The van der Waals surface area contributed by atoms with E-state index in [0.29, 0.717) is 43.4 Å². The minimum atomic E-state index is -0.785. The average Bonchev–Trinajstić information content (AvgIpc) is 3.57. The van der Waals surface area contributed by atoms with Gasteiger partial charge < -0.3 is 14.4 Å². The molecule has 0 N–H and O–H groups in total. The van der Waals surface area contributed by atoms with Crippen LogP contribution in [0.3, 0.4) is 0 Å². The van der Waals surface area contributed by atoms with Crippen molar-refractivity contribution in [3.8, 4) is 5.75 Å². The van der Waals surface area contributed by atoms with E-state index in [1.165, 1.54) is 35.4 Å². The van der Waals surface area contributed by atoms with E-state index in [2.05, 4.69) is 30.0 Å². The van der Waals surface area contributed by atoms with Crippen molar-refractivity contribution in [2.45, 2.75) is 52.5 Å². The topological polar surface area (TPSA) is 73.1 Å². The number of benzene rings is 2. The molecule has 2 aliphatic rings. The van der Waals surface area contributed by atoms with E-state index >= 15 is 0 Å². The summed E-state index contributed by atoms with van der Waals surface area (Å²) < 4.78 is 13.3. The average molecular weight is 580 g/mol. The first-order valence-electron chi connectivity index (χ1n) is 13.8. The molecule has 9 heteroatoms. The highest BCUT2D eigenvalue weighted by Gasteiger charge is 2.36. The molecular weight excluding hydrogens is 546 g/mol. The summed E-state index contributed by atoms with van der Waals surface area (Å²) in [6.07, 6.45) is 5.68. The molecule has 0 spiro atoms. The van der Waals surface area contributed by atoms with E-state index in [1.807, 2.05) is 13.0 Å². The lowest BCUT2D eigenvalue weighted by atomic mass is 9.93. The molecule has 0 radical (unpaired) electrons. The van der Waals surface area contributed by atoms with E-state index < -0.39 is 12.0 Å². The summed E-state index contributed by atoms with van der Waals surface area (Å²) >= 11 is 7.75. The minimum Gasteiger partial charge on any atom is -0.496 e. The molecule has 1 fully saturated rings. The molecule has 2 aromatic carbocycles. The maximum absolute atomic E-state index is 14.1. The number of aryl methyl sites for hydroxylation is 1. The number of carbonyl (C=O) groups is 1. The molecule has 40 heavy (non-hydrogen) atoms. The van der Waals surface area contributed by atoms with Crippen LogP contribution in [0.4, 0.5) is 5.69 Å². The lowest BCUT2D eigenvalue weighted by molar-refractivity contribution is -0.139. The van der Waals surface area contributed by atoms with Gasteiger partial charge in [0.1, 0.15) is 11.8 Å². The number of hydrogen-bond donors (Lipinski definition) is 0. The number of esters is 1. The summed E-state index contributed by atoms with van der Waals surface area (Å²) in [5.41, 5.74) is 4.71. The number of fused-ring (bicyclic) bond motifs is 1. The number of anilines is 1. The summed E-state index contributed by atoms with van der Waals surface area (Å²) in [6.45, 7) is 8.27. The Kier molecular flexibility index (Phi) is 8.47. The van der Waals surface area contributed by atoms with E-state index in [9.17, 15) is 9.59 Å². The quantitative estimate of drug-likeness (QED) is 0.345. The molecule has 1 saturated heterocycles. The van der Waals surface area contributed by atoms with Crippen LogP contribution in [0.5, 0.6) is 5.75 Å². The number of carbonyl (C=O) groups excluding carboxylic acids is 1. The Balaban J connectivity index is 1.71. The van der Waals surface area contributed by atoms with E-state index in [-0.39, 0.29) is 12.2 Å². The van der Waals surface area contributed by atoms with Gasteiger partial charge in [-0.1, -0.05) is 42.3 Å². The lowest BCUT2D eigenvalue weighted by Crippen LogP contribution is -2.40. The highest BCUT2D eigenvalue weighted by atomic mass is 35.5. The zero-order chi connectivity index (χ0) is 28.4. The van der Waals surface area contributed by atoms with Crippen LogP contribution in [0.1, 0.15) is 62.3 Å². The van der Waals surface area contributed by atoms with Crippen LogP contribution in [0.2, 0.25) is 5.02 Å². The molecule has 0 bridgehead atoms. The molecule has 5 rings (SSSR count). The van der Waals surface area contributed by atoms with Gasteiger partial charge in [-0.3, -0.25) is 9.36 Å². The van der Waals surface area contributed by atoms with Crippen molar-refractivity contribution in [3.63, 3.8) is 0 Å². The minimum absolute atomic E-state index is 0.207. The standard InChI is InChI=1S/C31H34ClN3O4S/c1-5-9-23-27(30(37)39-6-2)28(22-18-21(32)11-13-25(22)38-4)35-29(36)26(40-31(35)33-23)17-20-10-12-24(19(3)16-20)34-14-7-8-15-34/h10-13,16-18,28H,5-9,14-15H2,1-4H3/b26-17-/t28-/m1/s1. The fourth-order valence-electron chi connectivity index (χ4n) is 5.57. The number of hydrogen-bond acceptors (Lipinski definition) is 7. The van der Waals surface area contributed by atoms with Crippen LogP contribution < -0.4 is 24.5 Å². The first-order valence-corrected chi connectivity index (χ1v) is 15.0. The molecule has 2 aliphatic heterocycles. The van der Waals surface area contributed by atoms with E-state index in [0.717, 1.165) is 25.1 Å². The predicted octanol–water partition coefficient (Wildman–Crippen LogP) is 5.15. The van der Waals surface area contributed by atoms with Crippen LogP contribution in [0, 0.1) is 6.92 Å². The van der Waals surface area contributed by atoms with Crippen LogP contribution in [-0.4, -0.2) is 37.3 Å². The van der Waals surface area contributed by atoms with Gasteiger partial charge in [0.05, 0.1) is 29.5 Å². The molecule has 0 aliphatic carbocycles. The van der Waals surface area contributed by atoms with E-state index in [1.54, 1.807) is 36.8 Å². The van der Waals surface area contributed by atoms with Gasteiger partial charge in [0, 0.05) is 29.4 Å². The smallest absolute Gasteiger partial charge is 0.338 e. The summed E-state index contributed by atoms with van der Waals surface area (Å²) in [5.74, 6) is 0.0285. The summed E-state index contributed by atoms with van der Waals surface area (Å²) in [7, 11) is 1.56. The van der Waals surface area contributed by atoms with Gasteiger partial charge in [-0.2, -0.15) is 0 Å². The first-order chi connectivity index (χ1) is 19.4. The summed E-state index contributed by atoms with van der Waals surface area (Å²) in [5, 5.41) is 0.476. The number of allylic oxidation sites excluding steroid dienone is 1. The molecule has 1 aromatic heterocycles. The molecule has 0 saturated carbocycles. The summed E-state index contributed by atoms with van der Waals surface area (Å²) in [6, 6.07) is 10.8. The third kappa shape index (κ3) is 5.34. The Morgan fingerprint density at radius 3 is 2.62 bits per heavy atom. The number of ether oxygens (including phenoxy) is 2. The number of rotatable bonds is 8. The third-order valence-electron chi connectivity index (χ3n) is 7.34. The number of thiazole rings is 1. The molecule has 210 valence electrons. The molecule has 0 unspecified atom stereocenters. The molecule has 3 aromatic rings. The molecular formula is C31H34ClN3O4S. The van der Waals surface area contributed by atoms with Crippen molar-refractivity contribution in [3.05, 3.63) is 89.1 Å². The van der Waals surface area contributed by atoms with Crippen molar-refractivity contribution < 1.29 is 14.3 Å². The zero-order valence-electron chi connectivity index (χ0n) is 23.3. The normalized spacial score (nSPS) is 17.2. The predicted molar refractivity (Wildman–Crippen MR) is 160 cm³/mol. The van der Waals surface area contributed by atoms with Crippen LogP contribution >= 0.6 is 22.9 Å². The van der Waals surface area contributed by atoms with Crippen molar-refractivity contribution in [1.82, 2.24) is 4.57 Å². The monoisotopic (exact) mass is 579 g/mol. The number of halogens is 1. The van der Waals surface area contributed by atoms with Crippen molar-refractivity contribution in [2.75, 3.05) is 31.7 Å². The van der Waals surface area contributed by atoms with Gasteiger partial charge in [0.25, 0.3) is 5.56 Å². The second-order valence-corrected chi connectivity index (χ2v) is 11.5. The Labute approximate surface area is 243 Å². The SMILES string of the molecule is CCCC1=C(C(=O)OCC)[C@@H](c2cc(Cl)ccc2OC)n2c(s/c(=C\c3ccc(N4CCCC4)c(C)c3)c2=O)=N1. The van der Waals surface area contributed by atoms with Gasteiger partial charge in [-0.25, -0.2) is 9.79 Å². The van der Waals surface area contributed by atoms with Gasteiger partial charge in [0.2, 0.25) is 0 Å². The van der Waals surface area contributed by atoms with Crippen LogP contribution in [0.25, 0.3) is 6.08 Å². The van der Waals surface area contributed by atoms with Gasteiger partial charge in [0.15, 0.2) is 4.80 Å². The highest BCUT2D eigenvalue weighted by molar-refractivity contribution is 7.07. The fourth-order valence-corrected chi connectivity index (χ4v) is 6.77. The lowest BCUT2D eigenvalue weighted by Gasteiger charge is -2.27. The third-order valence-corrected chi connectivity index (χ3v) is 8.56. The molecule has 3 heterocycles. The van der Waals surface area contributed by atoms with Crippen LogP contribution in [-0.2, 0) is 9.53 Å². The molecule has 0 amide bonds. The summed E-state index contributed by atoms with van der Waals surface area (Å²) in [4.78, 5) is 35.3. The largest absolute Gasteiger partial charge is 0.496 e. The second-order valence-electron chi connectivity index (χ2n) is 10.0. The molecule has 1 atom stereocenters. The molecule has 7 nitrogen and oxygen atoms in total. The number of nitrogens with zero attached hydrogens (tertiary/aromatic N) is 3. The Morgan fingerprint density at radius 1 is 1.18 bits per heavy atom. The van der Waals surface area contributed by atoms with Crippen molar-refractivity contribution >= 4 is 40.7 Å². The Bertz CT molecular complexity index is 1650. The Morgan fingerprint density at radius 2 is 1.95 bits per heavy atom. The van der Waals surface area contributed by atoms with Crippen molar-refractivity contribution in [1.29, 1.82) is 0 Å². The second kappa shape index (κ2) is 12.0. The van der Waals surface area contributed by atoms with Gasteiger partial charge in [-0.05, 0) is 80.6 Å². The fraction of sp³-hybridized carbons (Fsp3) is 0.387. The highest BCUT2D eigenvalue weighted by Crippen LogP contribution is 2.38. The first kappa shape index (κ1) is 28.2. The maximum atomic E-state index is 14.1. The number of methoxy groups -OCH3 is 1. The van der Waals surface area contributed by atoms with Crippen molar-refractivity contribution in [2.24, 2.45) is 4.99 Å². The zero-order valence-corrected chi connectivity index (χ0v) is 24.9. The Hall–Kier alpha value is -3.36. The van der Waals surface area contributed by atoms with Gasteiger partial charge in [-0.15, -0.1) is 0 Å². The van der Waals surface area contributed by atoms with Gasteiger partial charge >= 0.3 is 5.97 Å². The maximum Gasteiger partial charge on any atom is 0.338 e. The van der Waals surface area contributed by atoms with E-state index in [4.69, 9.17) is 26.1 Å².